The van der Waals surface area contributed by atoms with Gasteiger partial charge in [-0.2, -0.15) is 0 Å². The van der Waals surface area contributed by atoms with Crippen LogP contribution in [0.15, 0.2) is 24.3 Å². The van der Waals surface area contributed by atoms with Crippen LogP contribution in [0.1, 0.15) is 63.0 Å². The van der Waals surface area contributed by atoms with E-state index in [0.717, 1.165) is 12.0 Å². The second-order valence-corrected chi connectivity index (χ2v) is 7.73. The van der Waals surface area contributed by atoms with Crippen LogP contribution in [0.2, 0.25) is 0 Å². The number of esters is 1. The molecule has 0 aliphatic heterocycles. The molecule has 0 bridgehead atoms. The zero-order valence-corrected chi connectivity index (χ0v) is 16.5. The Kier molecular flexibility index (Phi) is 8.14. The lowest BCUT2D eigenvalue weighted by molar-refractivity contribution is -0.146. The van der Waals surface area contributed by atoms with E-state index in [1.807, 2.05) is 11.8 Å². The van der Waals surface area contributed by atoms with Crippen molar-refractivity contribution in [2.45, 2.75) is 65.3 Å². The molecule has 2 rings (SSSR count). The van der Waals surface area contributed by atoms with Crippen LogP contribution >= 0.6 is 0 Å². The van der Waals surface area contributed by atoms with E-state index in [4.69, 9.17) is 4.74 Å². The van der Waals surface area contributed by atoms with Crippen molar-refractivity contribution in [3.63, 3.8) is 0 Å². The molecule has 1 aromatic carbocycles. The summed E-state index contributed by atoms with van der Waals surface area (Å²) in [4.78, 5) is 26.5. The fraction of sp³-hybridized carbons (Fsp3) is 0.636. The predicted octanol–water partition coefficient (Wildman–Crippen LogP) is 4.49. The van der Waals surface area contributed by atoms with E-state index in [1.54, 1.807) is 0 Å². The highest BCUT2D eigenvalue weighted by atomic mass is 16.5. The summed E-state index contributed by atoms with van der Waals surface area (Å²) in [6.07, 6.45) is 7.98. The Balaban J connectivity index is 1.98. The van der Waals surface area contributed by atoms with E-state index in [1.165, 1.54) is 44.8 Å². The molecule has 1 aromatic rings. The summed E-state index contributed by atoms with van der Waals surface area (Å²) in [6, 6.07) is 8.23. The highest BCUT2D eigenvalue weighted by Crippen LogP contribution is 2.27. The van der Waals surface area contributed by atoms with Gasteiger partial charge in [-0.3, -0.25) is 9.59 Å². The van der Waals surface area contributed by atoms with Crippen molar-refractivity contribution >= 4 is 11.9 Å². The molecular formula is C22H33NO3. The van der Waals surface area contributed by atoms with Crippen molar-refractivity contribution in [1.82, 2.24) is 4.90 Å². The van der Waals surface area contributed by atoms with Gasteiger partial charge < -0.3 is 9.64 Å². The molecule has 0 radical (unpaired) electrons. The highest BCUT2D eigenvalue weighted by Gasteiger charge is 2.23. The summed E-state index contributed by atoms with van der Waals surface area (Å²) in [5, 5.41) is 0. The highest BCUT2D eigenvalue weighted by molar-refractivity contribution is 5.78. The van der Waals surface area contributed by atoms with Gasteiger partial charge in [-0.1, -0.05) is 68.9 Å². The second kappa shape index (κ2) is 10.3. The summed E-state index contributed by atoms with van der Waals surface area (Å²) < 4.78 is 4.84. The number of ether oxygens (including phenoxy) is 1. The maximum Gasteiger partial charge on any atom is 0.310 e. The Hall–Kier alpha value is -1.84. The molecule has 0 saturated heterocycles. The van der Waals surface area contributed by atoms with E-state index in [0.29, 0.717) is 25.4 Å². The zero-order valence-electron chi connectivity index (χ0n) is 16.5. The fourth-order valence-corrected chi connectivity index (χ4v) is 3.74. The number of amides is 1. The first kappa shape index (κ1) is 20.5. The first-order valence-electron chi connectivity index (χ1n) is 9.90. The second-order valence-electron chi connectivity index (χ2n) is 7.73. The predicted molar refractivity (Wildman–Crippen MR) is 104 cm³/mol. The third kappa shape index (κ3) is 6.47. The molecule has 1 aliphatic rings. The van der Waals surface area contributed by atoms with E-state index >= 15 is 0 Å². The Morgan fingerprint density at radius 1 is 1.15 bits per heavy atom. The van der Waals surface area contributed by atoms with Gasteiger partial charge in [-0.15, -0.1) is 0 Å². The third-order valence-electron chi connectivity index (χ3n) is 5.44. The molecule has 26 heavy (non-hydrogen) atoms. The van der Waals surface area contributed by atoms with Gasteiger partial charge >= 0.3 is 5.97 Å². The lowest BCUT2D eigenvalue weighted by atomic mass is 9.86. The molecule has 4 heteroatoms. The number of carbonyl (C=O) groups excluding carboxylic acids is 2. The minimum atomic E-state index is -0.316. The van der Waals surface area contributed by atoms with Crippen molar-refractivity contribution < 1.29 is 14.3 Å². The van der Waals surface area contributed by atoms with Gasteiger partial charge in [0, 0.05) is 19.5 Å². The lowest BCUT2D eigenvalue weighted by Gasteiger charge is -2.27. The minimum Gasteiger partial charge on any atom is -0.469 e. The maximum atomic E-state index is 12.9. The first-order chi connectivity index (χ1) is 12.5. The number of methoxy groups -OCH3 is 1. The summed E-state index contributed by atoms with van der Waals surface area (Å²) >= 11 is 0. The van der Waals surface area contributed by atoms with Gasteiger partial charge in [0.2, 0.25) is 5.91 Å². The standard InChI is InChI=1S/C22H33NO3/c1-17-9-11-20(12-10-17)16-23(15-18(2)22(25)26-3)21(24)14-13-19-7-5-4-6-8-19/h9-12,18-19H,4-8,13-16H2,1-3H3. The first-order valence-corrected chi connectivity index (χ1v) is 9.90. The number of nitrogens with zero attached hydrogens (tertiary/aromatic N) is 1. The number of carbonyl (C=O) groups is 2. The van der Waals surface area contributed by atoms with Crippen LogP contribution < -0.4 is 0 Å². The Labute approximate surface area is 157 Å². The monoisotopic (exact) mass is 359 g/mol. The van der Waals surface area contributed by atoms with Crippen LogP contribution in [0.25, 0.3) is 0 Å². The van der Waals surface area contributed by atoms with Gasteiger partial charge in [0.25, 0.3) is 0 Å². The number of hydrogen-bond donors (Lipinski definition) is 0. The van der Waals surface area contributed by atoms with Crippen LogP contribution in [0.5, 0.6) is 0 Å². The molecule has 1 unspecified atom stereocenters. The number of hydrogen-bond acceptors (Lipinski definition) is 3. The smallest absolute Gasteiger partial charge is 0.310 e. The third-order valence-corrected chi connectivity index (χ3v) is 5.44. The molecule has 4 nitrogen and oxygen atoms in total. The van der Waals surface area contributed by atoms with Crippen molar-refractivity contribution in [3.8, 4) is 0 Å². The SMILES string of the molecule is COC(=O)C(C)CN(Cc1ccc(C)cc1)C(=O)CCC1CCCCC1. The zero-order chi connectivity index (χ0) is 18.9. The van der Waals surface area contributed by atoms with Gasteiger partial charge in [-0.05, 0) is 24.8 Å². The van der Waals surface area contributed by atoms with E-state index in [2.05, 4.69) is 31.2 Å². The van der Waals surface area contributed by atoms with Gasteiger partial charge in [0.1, 0.15) is 0 Å². The molecule has 0 spiro atoms. The number of benzene rings is 1. The number of aryl methyl sites for hydroxylation is 1. The molecule has 0 N–H and O–H groups in total. The largest absolute Gasteiger partial charge is 0.469 e. The molecular weight excluding hydrogens is 326 g/mol. The average Bonchev–Trinajstić information content (AvgIpc) is 2.67. The Bertz CT molecular complexity index is 576. The summed E-state index contributed by atoms with van der Waals surface area (Å²) in [5.41, 5.74) is 2.30. The number of rotatable bonds is 8. The van der Waals surface area contributed by atoms with Crippen molar-refractivity contribution in [3.05, 3.63) is 35.4 Å². The normalized spacial score (nSPS) is 16.1. The van der Waals surface area contributed by atoms with Crippen LogP contribution in [-0.4, -0.2) is 30.4 Å². The average molecular weight is 360 g/mol. The van der Waals surface area contributed by atoms with Crippen molar-refractivity contribution in [1.29, 1.82) is 0 Å². The van der Waals surface area contributed by atoms with E-state index in [9.17, 15) is 9.59 Å². The molecule has 1 atom stereocenters. The van der Waals surface area contributed by atoms with Gasteiger partial charge in [-0.25, -0.2) is 0 Å². The van der Waals surface area contributed by atoms with Crippen LogP contribution in [0, 0.1) is 18.8 Å². The molecule has 1 fully saturated rings. The topological polar surface area (TPSA) is 46.6 Å². The molecule has 0 heterocycles. The van der Waals surface area contributed by atoms with Crippen LogP contribution in [0.3, 0.4) is 0 Å². The summed E-state index contributed by atoms with van der Waals surface area (Å²) in [5.74, 6) is 0.252. The molecule has 1 amide bonds. The maximum absolute atomic E-state index is 12.9. The van der Waals surface area contributed by atoms with Crippen LogP contribution in [-0.2, 0) is 20.9 Å². The Morgan fingerprint density at radius 3 is 2.42 bits per heavy atom. The molecule has 0 aromatic heterocycles. The van der Waals surface area contributed by atoms with Crippen molar-refractivity contribution in [2.24, 2.45) is 11.8 Å². The van der Waals surface area contributed by atoms with E-state index < -0.39 is 0 Å². The molecule has 1 saturated carbocycles. The Morgan fingerprint density at radius 2 is 1.81 bits per heavy atom. The summed E-state index contributed by atoms with van der Waals surface area (Å²) in [6.45, 7) is 4.83. The van der Waals surface area contributed by atoms with Crippen LogP contribution in [0.4, 0.5) is 0 Å². The van der Waals surface area contributed by atoms with Gasteiger partial charge in [0.05, 0.1) is 13.0 Å². The lowest BCUT2D eigenvalue weighted by Crippen LogP contribution is -2.37. The minimum absolute atomic E-state index is 0.145. The van der Waals surface area contributed by atoms with E-state index in [-0.39, 0.29) is 17.8 Å². The van der Waals surface area contributed by atoms with Crippen molar-refractivity contribution in [2.75, 3.05) is 13.7 Å². The molecule has 144 valence electrons. The fourth-order valence-electron chi connectivity index (χ4n) is 3.74. The quantitative estimate of drug-likeness (QED) is 0.642. The summed E-state index contributed by atoms with van der Waals surface area (Å²) in [7, 11) is 1.40. The van der Waals surface area contributed by atoms with Gasteiger partial charge in [0.15, 0.2) is 0 Å². The molecule has 1 aliphatic carbocycles.